The van der Waals surface area contributed by atoms with E-state index in [-0.39, 0.29) is 29.6 Å². The van der Waals surface area contributed by atoms with Crippen molar-refractivity contribution in [3.05, 3.63) is 71.3 Å². The normalized spacial score (nSPS) is 20.3. The van der Waals surface area contributed by atoms with Gasteiger partial charge in [0.2, 0.25) is 6.10 Å². The summed E-state index contributed by atoms with van der Waals surface area (Å²) >= 11 is 5.32. The third-order valence-electron chi connectivity index (χ3n) is 5.25. The number of nitrogens with zero attached hydrogens (tertiary/aromatic N) is 1. The van der Waals surface area contributed by atoms with E-state index in [9.17, 15) is 23.2 Å². The zero-order valence-corrected chi connectivity index (χ0v) is 17.4. The van der Waals surface area contributed by atoms with E-state index in [0.717, 1.165) is 6.08 Å². The Balaban J connectivity index is 0.00000363. The van der Waals surface area contributed by atoms with Crippen LogP contribution in [-0.4, -0.2) is 41.7 Å². The molecular formula is C23H20ClF3NNaO3. The summed E-state index contributed by atoms with van der Waals surface area (Å²) in [5.74, 6) is -1.27. The summed E-state index contributed by atoms with van der Waals surface area (Å²) < 4.78 is 49.2. The quantitative estimate of drug-likeness (QED) is 0.387. The number of hydrogen-bond donors (Lipinski definition) is 0. The summed E-state index contributed by atoms with van der Waals surface area (Å²) in [6, 6.07) is 17.4. The second-order valence-electron chi connectivity index (χ2n) is 7.77. The second kappa shape index (κ2) is 10.3. The summed E-state index contributed by atoms with van der Waals surface area (Å²) in [5, 5.41) is 8.23. The average Bonchev–Trinajstić information content (AvgIpc) is 3.26. The molecule has 3 rings (SSSR count). The molecule has 1 saturated carbocycles. The Morgan fingerprint density at radius 1 is 1.16 bits per heavy atom. The van der Waals surface area contributed by atoms with Crippen molar-refractivity contribution in [1.82, 2.24) is 0 Å². The molecule has 1 unspecified atom stereocenters. The molecule has 0 aromatic heterocycles. The van der Waals surface area contributed by atoms with Gasteiger partial charge in [-0.15, -0.1) is 0 Å². The van der Waals surface area contributed by atoms with Crippen molar-refractivity contribution in [1.29, 1.82) is 5.26 Å². The molecule has 2 aromatic rings. The second-order valence-corrected chi connectivity index (χ2v) is 8.18. The van der Waals surface area contributed by atoms with Crippen LogP contribution in [0, 0.1) is 28.6 Å². The predicted molar refractivity (Wildman–Crippen MR) is 115 cm³/mol. The monoisotopic (exact) mass is 473 g/mol. The number of allylic oxidation sites excluding steroid dienone is 2. The number of nitriles is 1. The summed E-state index contributed by atoms with van der Waals surface area (Å²) in [7, 11) is 0. The minimum atomic E-state index is -4.68. The fourth-order valence-corrected chi connectivity index (χ4v) is 3.55. The van der Waals surface area contributed by atoms with Gasteiger partial charge in [0.05, 0.1) is 5.92 Å². The maximum atomic E-state index is 12.7. The topological polar surface area (TPSA) is 59.3 Å². The molecule has 32 heavy (non-hydrogen) atoms. The number of rotatable bonds is 6. The Labute approximate surface area is 211 Å². The van der Waals surface area contributed by atoms with E-state index in [1.165, 1.54) is 0 Å². The van der Waals surface area contributed by atoms with Gasteiger partial charge in [-0.25, -0.2) is 0 Å². The first-order valence-corrected chi connectivity index (χ1v) is 9.79. The zero-order chi connectivity index (χ0) is 22.8. The van der Waals surface area contributed by atoms with E-state index < -0.39 is 40.5 Å². The first kappa shape index (κ1) is 26.3. The van der Waals surface area contributed by atoms with E-state index in [2.05, 4.69) is 0 Å². The van der Waals surface area contributed by atoms with Gasteiger partial charge in [-0.3, -0.25) is 4.79 Å². The molecule has 0 saturated heterocycles. The van der Waals surface area contributed by atoms with Crippen LogP contribution in [0.15, 0.2) is 65.7 Å². The molecule has 0 heterocycles. The molecule has 2 aromatic carbocycles. The van der Waals surface area contributed by atoms with Gasteiger partial charge in [0.1, 0.15) is 22.6 Å². The number of carbonyl (C=O) groups excluding carboxylic acids is 1. The fourth-order valence-electron chi connectivity index (χ4n) is 3.42. The number of benzene rings is 2. The molecule has 1 aliphatic rings. The summed E-state index contributed by atoms with van der Waals surface area (Å²) in [6.45, 7) is 3.30. The Morgan fingerprint density at radius 3 is 2.38 bits per heavy atom. The Morgan fingerprint density at radius 2 is 1.78 bits per heavy atom. The van der Waals surface area contributed by atoms with Crippen molar-refractivity contribution in [3.8, 4) is 17.6 Å². The van der Waals surface area contributed by atoms with E-state index in [4.69, 9.17) is 21.1 Å². The average molecular weight is 474 g/mol. The van der Waals surface area contributed by atoms with E-state index in [1.54, 1.807) is 50.2 Å². The Bertz CT molecular complexity index is 1030. The van der Waals surface area contributed by atoms with Crippen LogP contribution in [-0.2, 0) is 9.53 Å². The first-order chi connectivity index (χ1) is 14.5. The fraction of sp³-hybridized carbons (Fsp3) is 0.304. The summed E-state index contributed by atoms with van der Waals surface area (Å²) in [5.41, 5.74) is -0.371. The number of esters is 1. The van der Waals surface area contributed by atoms with Crippen LogP contribution in [0.3, 0.4) is 0 Å². The standard InChI is InChI=1S/C23H19ClF3NO3.Na.H/c1-22(2)17(12-19(24)23(25,26)27)20(22)21(29)31-18(13-28)14-7-6-10-16(11-14)30-15-8-4-3-5-9-15;;/h3-12,17-18,20H,1-2H3;;/b19-12-;;/t17-,18?,20-;;/m0../s1. The third-order valence-corrected chi connectivity index (χ3v) is 5.59. The number of ether oxygens (including phenoxy) is 2. The van der Waals surface area contributed by atoms with Crippen molar-refractivity contribution < 1.29 is 27.4 Å². The van der Waals surface area contributed by atoms with Gasteiger partial charge in [-0.05, 0) is 35.6 Å². The van der Waals surface area contributed by atoms with Crippen LogP contribution in [0.25, 0.3) is 0 Å². The molecule has 0 radical (unpaired) electrons. The summed E-state index contributed by atoms with van der Waals surface area (Å²) in [4.78, 5) is 12.6. The molecule has 9 heteroatoms. The Kier molecular flexibility index (Phi) is 8.46. The van der Waals surface area contributed by atoms with Crippen LogP contribution < -0.4 is 4.74 Å². The SMILES string of the molecule is CC1(C)[C@H](C(=O)OC(C#N)c2cccc(Oc3ccccc3)c2)[C@@H]1/C=C(\Cl)C(F)(F)F.[NaH]. The van der Waals surface area contributed by atoms with Gasteiger partial charge in [0.25, 0.3) is 0 Å². The van der Waals surface area contributed by atoms with Crippen molar-refractivity contribution in [3.63, 3.8) is 0 Å². The van der Waals surface area contributed by atoms with Crippen molar-refractivity contribution >= 4 is 47.1 Å². The van der Waals surface area contributed by atoms with Crippen LogP contribution in [0.4, 0.5) is 13.2 Å². The summed E-state index contributed by atoms with van der Waals surface area (Å²) in [6.07, 6.45) is -5.07. The molecule has 3 atom stereocenters. The first-order valence-electron chi connectivity index (χ1n) is 9.41. The number of halogens is 4. The van der Waals surface area contributed by atoms with Crippen molar-refractivity contribution in [2.45, 2.75) is 26.1 Å². The van der Waals surface area contributed by atoms with E-state index in [1.807, 2.05) is 24.3 Å². The van der Waals surface area contributed by atoms with Crippen LogP contribution in [0.5, 0.6) is 11.5 Å². The van der Waals surface area contributed by atoms with Crippen molar-refractivity contribution in [2.75, 3.05) is 0 Å². The van der Waals surface area contributed by atoms with Gasteiger partial charge in [-0.1, -0.05) is 61.9 Å². The van der Waals surface area contributed by atoms with Gasteiger partial charge in [0.15, 0.2) is 0 Å². The van der Waals surface area contributed by atoms with E-state index >= 15 is 0 Å². The maximum absolute atomic E-state index is 12.7. The van der Waals surface area contributed by atoms with Gasteiger partial charge in [0, 0.05) is 5.56 Å². The molecule has 4 nitrogen and oxygen atoms in total. The molecule has 1 aliphatic carbocycles. The molecule has 0 bridgehead atoms. The van der Waals surface area contributed by atoms with Gasteiger partial charge < -0.3 is 9.47 Å². The number of alkyl halides is 3. The Hall–Kier alpha value is -1.98. The molecule has 1 fully saturated rings. The van der Waals surface area contributed by atoms with E-state index in [0.29, 0.717) is 17.1 Å². The third kappa shape index (κ3) is 6.08. The molecule has 0 amide bonds. The number of hydrogen-bond acceptors (Lipinski definition) is 4. The van der Waals surface area contributed by atoms with Crippen LogP contribution >= 0.6 is 11.6 Å². The van der Waals surface area contributed by atoms with Crippen molar-refractivity contribution in [2.24, 2.45) is 17.3 Å². The zero-order valence-electron chi connectivity index (χ0n) is 16.7. The number of para-hydroxylation sites is 1. The predicted octanol–water partition coefficient (Wildman–Crippen LogP) is 5.90. The van der Waals surface area contributed by atoms with Gasteiger partial charge >= 0.3 is 41.7 Å². The molecular weight excluding hydrogens is 454 g/mol. The number of carbonyl (C=O) groups is 1. The van der Waals surface area contributed by atoms with Crippen LogP contribution in [0.2, 0.25) is 0 Å². The van der Waals surface area contributed by atoms with Gasteiger partial charge in [-0.2, -0.15) is 18.4 Å². The van der Waals surface area contributed by atoms with Crippen LogP contribution in [0.1, 0.15) is 25.5 Å². The molecule has 0 spiro atoms. The molecule has 0 N–H and O–H groups in total. The minimum absolute atomic E-state index is 0. The molecule has 0 aliphatic heterocycles. The molecule has 164 valence electrons.